The molecule has 3 aromatic rings. The number of allylic oxidation sites excluding steroid dienone is 1. The van der Waals surface area contributed by atoms with Gasteiger partial charge in [-0.15, -0.1) is 6.58 Å². The van der Waals surface area contributed by atoms with Crippen molar-refractivity contribution in [1.82, 2.24) is 14.1 Å². The Labute approximate surface area is 139 Å². The van der Waals surface area contributed by atoms with Crippen molar-refractivity contribution in [3.63, 3.8) is 0 Å². The Morgan fingerprint density at radius 2 is 1.91 bits per heavy atom. The summed E-state index contributed by atoms with van der Waals surface area (Å²) in [6, 6.07) is 9.49. The first-order valence-electron chi connectivity index (χ1n) is 6.89. The first-order valence-corrected chi connectivity index (χ1v) is 7.65. The smallest absolute Gasteiger partial charge is 0.103 e. The Morgan fingerprint density at radius 1 is 1.14 bits per heavy atom. The molecule has 1 unspecified atom stereocenters. The summed E-state index contributed by atoms with van der Waals surface area (Å²) in [5.41, 5.74) is 1.95. The molecule has 2 aromatic heterocycles. The van der Waals surface area contributed by atoms with Gasteiger partial charge >= 0.3 is 0 Å². The van der Waals surface area contributed by atoms with Crippen molar-refractivity contribution in [1.29, 1.82) is 0 Å². The fourth-order valence-electron chi connectivity index (χ4n) is 2.62. The maximum absolute atomic E-state index is 6.44. The van der Waals surface area contributed by atoms with Gasteiger partial charge in [0.15, 0.2) is 0 Å². The van der Waals surface area contributed by atoms with Crippen LogP contribution in [0.25, 0.3) is 0 Å². The lowest BCUT2D eigenvalue weighted by molar-refractivity contribution is 0.614. The van der Waals surface area contributed by atoms with E-state index in [0.29, 0.717) is 10.0 Å². The van der Waals surface area contributed by atoms with Crippen molar-refractivity contribution in [2.75, 3.05) is 0 Å². The van der Waals surface area contributed by atoms with Gasteiger partial charge in [-0.05, 0) is 24.3 Å². The van der Waals surface area contributed by atoms with Crippen molar-refractivity contribution < 1.29 is 0 Å². The average Bonchev–Trinajstić information content (AvgIpc) is 3.15. The van der Waals surface area contributed by atoms with E-state index in [1.54, 1.807) is 12.5 Å². The molecule has 2 heterocycles. The van der Waals surface area contributed by atoms with E-state index in [-0.39, 0.29) is 6.04 Å². The maximum Gasteiger partial charge on any atom is 0.103 e. The van der Waals surface area contributed by atoms with Gasteiger partial charge in [0, 0.05) is 46.4 Å². The molecule has 5 heteroatoms. The van der Waals surface area contributed by atoms with Crippen LogP contribution in [0.5, 0.6) is 0 Å². The van der Waals surface area contributed by atoms with Gasteiger partial charge < -0.3 is 9.13 Å². The third kappa shape index (κ3) is 2.70. The van der Waals surface area contributed by atoms with Gasteiger partial charge in [0.2, 0.25) is 0 Å². The second kappa shape index (κ2) is 6.42. The lowest BCUT2D eigenvalue weighted by Crippen LogP contribution is -2.16. The van der Waals surface area contributed by atoms with Gasteiger partial charge in [-0.25, -0.2) is 4.98 Å². The van der Waals surface area contributed by atoms with Crippen molar-refractivity contribution in [3.05, 3.63) is 89.2 Å². The van der Waals surface area contributed by atoms with Crippen molar-refractivity contribution in [2.24, 2.45) is 0 Å². The third-order valence-corrected chi connectivity index (χ3v) is 4.23. The highest BCUT2D eigenvalue weighted by Gasteiger charge is 2.23. The summed E-state index contributed by atoms with van der Waals surface area (Å²) in [6.07, 6.45) is 9.32. The molecule has 0 aliphatic heterocycles. The lowest BCUT2D eigenvalue weighted by atomic mass is 10.0. The van der Waals surface area contributed by atoms with Gasteiger partial charge in [-0.3, -0.25) is 0 Å². The fourth-order valence-corrected chi connectivity index (χ4v) is 3.23. The van der Waals surface area contributed by atoms with E-state index >= 15 is 0 Å². The molecule has 0 fully saturated rings. The Balaban J connectivity index is 2.21. The number of nitrogens with zero attached hydrogens (tertiary/aromatic N) is 3. The van der Waals surface area contributed by atoms with Crippen LogP contribution in [-0.4, -0.2) is 14.1 Å². The average molecular weight is 332 g/mol. The lowest BCUT2D eigenvalue weighted by Gasteiger charge is -2.23. The number of benzene rings is 1. The zero-order valence-electron chi connectivity index (χ0n) is 11.9. The quantitative estimate of drug-likeness (QED) is 0.615. The number of halogens is 2. The van der Waals surface area contributed by atoms with Gasteiger partial charge in [-0.2, -0.15) is 0 Å². The molecule has 22 heavy (non-hydrogen) atoms. The highest BCUT2D eigenvalue weighted by molar-refractivity contribution is 6.36. The summed E-state index contributed by atoms with van der Waals surface area (Å²) in [6.45, 7) is 4.53. The Kier molecular flexibility index (Phi) is 4.36. The molecule has 0 radical (unpaired) electrons. The molecule has 1 aromatic carbocycles. The summed E-state index contributed by atoms with van der Waals surface area (Å²) in [7, 11) is 0. The molecule has 3 nitrogen and oxygen atoms in total. The van der Waals surface area contributed by atoms with Crippen LogP contribution in [0.4, 0.5) is 0 Å². The van der Waals surface area contributed by atoms with E-state index in [4.69, 9.17) is 23.2 Å². The van der Waals surface area contributed by atoms with E-state index in [0.717, 1.165) is 17.8 Å². The minimum atomic E-state index is -0.140. The molecule has 0 bridgehead atoms. The van der Waals surface area contributed by atoms with Gasteiger partial charge in [0.1, 0.15) is 6.04 Å². The SMILES string of the molecule is C=CCn1cccc1C(c1c(Cl)cccc1Cl)n1ccnc1. The number of aromatic nitrogens is 3. The van der Waals surface area contributed by atoms with Gasteiger partial charge in [-0.1, -0.05) is 35.3 Å². The van der Waals surface area contributed by atoms with Crippen LogP contribution in [-0.2, 0) is 6.54 Å². The second-order valence-corrected chi connectivity index (χ2v) is 5.74. The maximum atomic E-state index is 6.44. The molecule has 0 saturated heterocycles. The molecule has 112 valence electrons. The Morgan fingerprint density at radius 3 is 2.55 bits per heavy atom. The summed E-state index contributed by atoms with van der Waals surface area (Å²) in [5, 5.41) is 1.27. The normalized spacial score (nSPS) is 12.3. The van der Waals surface area contributed by atoms with Crippen LogP contribution in [0, 0.1) is 0 Å². The highest BCUT2D eigenvalue weighted by Crippen LogP contribution is 2.36. The van der Waals surface area contributed by atoms with E-state index in [9.17, 15) is 0 Å². The zero-order chi connectivity index (χ0) is 15.5. The highest BCUT2D eigenvalue weighted by atomic mass is 35.5. The second-order valence-electron chi connectivity index (χ2n) is 4.92. The number of rotatable bonds is 5. The van der Waals surface area contributed by atoms with E-state index in [2.05, 4.69) is 22.2 Å². The molecule has 3 rings (SSSR count). The third-order valence-electron chi connectivity index (χ3n) is 3.57. The van der Waals surface area contributed by atoms with E-state index < -0.39 is 0 Å². The molecule has 0 aliphatic rings. The zero-order valence-corrected chi connectivity index (χ0v) is 13.4. The molecular weight excluding hydrogens is 317 g/mol. The largest absolute Gasteiger partial charge is 0.345 e. The topological polar surface area (TPSA) is 22.8 Å². The standard InChI is InChI=1S/C17H15Cl2N3/c1-2-9-21-10-4-7-15(21)17(22-11-8-20-12-22)16-13(18)5-3-6-14(16)19/h2-8,10-12,17H,1,9H2. The van der Waals surface area contributed by atoms with Crippen LogP contribution >= 0.6 is 23.2 Å². The molecule has 0 amide bonds. The predicted octanol–water partition coefficient (Wildman–Crippen LogP) is 4.82. The monoisotopic (exact) mass is 331 g/mol. The number of imidazole rings is 1. The van der Waals surface area contributed by atoms with E-state index in [1.165, 1.54) is 0 Å². The molecule has 1 atom stereocenters. The van der Waals surface area contributed by atoms with Crippen LogP contribution in [0.2, 0.25) is 10.0 Å². The number of hydrogen-bond donors (Lipinski definition) is 0. The summed E-state index contributed by atoms with van der Waals surface area (Å²) in [5.74, 6) is 0. The predicted molar refractivity (Wildman–Crippen MR) is 90.6 cm³/mol. The van der Waals surface area contributed by atoms with E-state index in [1.807, 2.05) is 47.3 Å². The number of hydrogen-bond acceptors (Lipinski definition) is 1. The van der Waals surface area contributed by atoms with Crippen LogP contribution in [0.15, 0.2) is 67.9 Å². The Hall–Kier alpha value is -1.97. The summed E-state index contributed by atoms with van der Waals surface area (Å²) < 4.78 is 4.12. The van der Waals surface area contributed by atoms with Gasteiger partial charge in [0.25, 0.3) is 0 Å². The molecule has 0 aliphatic carbocycles. The minimum absolute atomic E-state index is 0.140. The van der Waals surface area contributed by atoms with Crippen molar-refractivity contribution >= 4 is 23.2 Å². The van der Waals surface area contributed by atoms with Gasteiger partial charge in [0.05, 0.1) is 6.33 Å². The van der Waals surface area contributed by atoms with Crippen molar-refractivity contribution in [3.8, 4) is 0 Å². The fraction of sp³-hybridized carbons (Fsp3) is 0.118. The first kappa shape index (κ1) is 14.9. The minimum Gasteiger partial charge on any atom is -0.345 e. The molecular formula is C17H15Cl2N3. The molecule has 0 saturated carbocycles. The van der Waals surface area contributed by atoms with Crippen molar-refractivity contribution in [2.45, 2.75) is 12.6 Å². The summed E-state index contributed by atoms with van der Waals surface area (Å²) >= 11 is 12.9. The molecule has 0 N–H and O–H groups in total. The first-order chi connectivity index (χ1) is 10.7. The van der Waals surface area contributed by atoms with Crippen LogP contribution in [0.1, 0.15) is 17.3 Å². The summed E-state index contributed by atoms with van der Waals surface area (Å²) in [4.78, 5) is 4.16. The van der Waals surface area contributed by atoms with Crippen LogP contribution < -0.4 is 0 Å². The van der Waals surface area contributed by atoms with Crippen LogP contribution in [0.3, 0.4) is 0 Å². The Bertz CT molecular complexity index is 755. The molecule has 0 spiro atoms.